The van der Waals surface area contributed by atoms with Gasteiger partial charge in [-0.05, 0) is 18.4 Å². The van der Waals surface area contributed by atoms with Crippen molar-refractivity contribution in [3.05, 3.63) is 42.1 Å². The fourth-order valence-corrected chi connectivity index (χ4v) is 4.07. The summed E-state index contributed by atoms with van der Waals surface area (Å²) in [6, 6.07) is 9.97. The highest BCUT2D eigenvalue weighted by Gasteiger charge is 2.42. The zero-order chi connectivity index (χ0) is 21.0. The van der Waals surface area contributed by atoms with E-state index in [-0.39, 0.29) is 5.91 Å². The van der Waals surface area contributed by atoms with E-state index in [1.165, 1.54) is 0 Å². The van der Waals surface area contributed by atoms with Crippen molar-refractivity contribution in [3.63, 3.8) is 0 Å². The second kappa shape index (κ2) is 8.97. The molecule has 3 heterocycles. The largest absolute Gasteiger partial charge is 0.381 e. The highest BCUT2D eigenvalue weighted by molar-refractivity contribution is 6.01. The third kappa shape index (κ3) is 4.11. The van der Waals surface area contributed by atoms with Gasteiger partial charge in [-0.1, -0.05) is 30.3 Å². The third-order valence-electron chi connectivity index (χ3n) is 5.83. The number of nitrogens with one attached hydrogen (secondary N) is 1. The van der Waals surface area contributed by atoms with Crippen molar-refractivity contribution in [2.45, 2.75) is 18.3 Å². The lowest BCUT2D eigenvalue weighted by Gasteiger charge is -2.36. The Morgan fingerprint density at radius 2 is 1.73 bits per heavy atom. The van der Waals surface area contributed by atoms with Gasteiger partial charge in [-0.15, -0.1) is 0 Å². The van der Waals surface area contributed by atoms with Gasteiger partial charge in [0.1, 0.15) is 5.69 Å². The van der Waals surface area contributed by atoms with E-state index in [9.17, 15) is 4.79 Å². The van der Waals surface area contributed by atoms with Gasteiger partial charge in [-0.25, -0.2) is 4.98 Å². The second-order valence-corrected chi connectivity index (χ2v) is 7.92. The molecule has 1 aromatic carbocycles. The monoisotopic (exact) mass is 411 g/mol. The molecule has 8 nitrogen and oxygen atoms in total. The summed E-state index contributed by atoms with van der Waals surface area (Å²) in [7, 11) is 3.84. The highest BCUT2D eigenvalue weighted by Crippen LogP contribution is 2.37. The molecule has 4 rings (SSSR count). The van der Waals surface area contributed by atoms with Crippen LogP contribution in [-0.2, 0) is 19.7 Å². The number of anilines is 3. The molecule has 1 N–H and O–H groups in total. The summed E-state index contributed by atoms with van der Waals surface area (Å²) in [5.74, 6) is 1.31. The first-order valence-corrected chi connectivity index (χ1v) is 10.4. The smallest absolute Gasteiger partial charge is 0.235 e. The van der Waals surface area contributed by atoms with Gasteiger partial charge in [0, 0.05) is 40.4 Å². The lowest BCUT2D eigenvalue weighted by Crippen LogP contribution is -2.45. The van der Waals surface area contributed by atoms with Gasteiger partial charge in [0.2, 0.25) is 11.9 Å². The van der Waals surface area contributed by atoms with E-state index in [1.807, 2.05) is 49.3 Å². The van der Waals surface area contributed by atoms with E-state index < -0.39 is 5.41 Å². The number of aromatic nitrogens is 2. The molecule has 0 radical (unpaired) electrons. The molecule has 0 spiro atoms. The van der Waals surface area contributed by atoms with Crippen LogP contribution in [0, 0.1) is 0 Å². The number of benzene rings is 1. The molecule has 8 heteroatoms. The fourth-order valence-electron chi connectivity index (χ4n) is 4.07. The van der Waals surface area contributed by atoms with Crippen LogP contribution in [0.4, 0.5) is 17.5 Å². The standard InChI is InChI=1S/C22H29N5O3/c1-26(2)19-18(16-23-21(25-19)27-10-14-30-15-11-27)24-20(28)22(8-12-29-13-9-22)17-6-4-3-5-7-17/h3-7,16H,8-15H2,1-2H3,(H,24,28). The zero-order valence-corrected chi connectivity index (χ0v) is 17.6. The first-order chi connectivity index (χ1) is 14.6. The molecular weight excluding hydrogens is 382 g/mol. The van der Waals surface area contributed by atoms with Crippen molar-refractivity contribution >= 4 is 23.4 Å². The maximum absolute atomic E-state index is 13.6. The van der Waals surface area contributed by atoms with Gasteiger partial charge in [0.15, 0.2) is 5.82 Å². The van der Waals surface area contributed by atoms with Crippen molar-refractivity contribution in [2.24, 2.45) is 0 Å². The molecule has 0 atom stereocenters. The van der Waals surface area contributed by atoms with Crippen LogP contribution in [0.2, 0.25) is 0 Å². The Morgan fingerprint density at radius 1 is 1.07 bits per heavy atom. The first kappa shape index (κ1) is 20.6. The Hall–Kier alpha value is -2.71. The van der Waals surface area contributed by atoms with Crippen LogP contribution < -0.4 is 15.1 Å². The van der Waals surface area contributed by atoms with E-state index in [1.54, 1.807) is 6.20 Å². The molecular formula is C22H29N5O3. The van der Waals surface area contributed by atoms with Crippen molar-refractivity contribution in [2.75, 3.05) is 68.7 Å². The normalized spacial score (nSPS) is 18.7. The predicted molar refractivity (Wildman–Crippen MR) is 116 cm³/mol. The third-order valence-corrected chi connectivity index (χ3v) is 5.83. The predicted octanol–water partition coefficient (Wildman–Crippen LogP) is 2.07. The Bertz CT molecular complexity index is 862. The molecule has 1 aromatic heterocycles. The minimum absolute atomic E-state index is 0.0391. The molecule has 0 saturated carbocycles. The lowest BCUT2D eigenvalue weighted by atomic mass is 9.73. The second-order valence-electron chi connectivity index (χ2n) is 7.92. The van der Waals surface area contributed by atoms with Gasteiger partial charge in [0.25, 0.3) is 0 Å². The number of hydrogen-bond donors (Lipinski definition) is 1. The van der Waals surface area contributed by atoms with Crippen LogP contribution in [0.25, 0.3) is 0 Å². The zero-order valence-electron chi connectivity index (χ0n) is 17.6. The van der Waals surface area contributed by atoms with E-state index >= 15 is 0 Å². The molecule has 0 unspecified atom stereocenters. The van der Waals surface area contributed by atoms with Crippen molar-refractivity contribution < 1.29 is 14.3 Å². The van der Waals surface area contributed by atoms with Crippen LogP contribution in [0.3, 0.4) is 0 Å². The average Bonchev–Trinajstić information content (AvgIpc) is 2.80. The summed E-state index contributed by atoms with van der Waals surface area (Å²) >= 11 is 0. The summed E-state index contributed by atoms with van der Waals surface area (Å²) < 4.78 is 11.0. The van der Waals surface area contributed by atoms with Gasteiger partial charge in [0.05, 0.1) is 24.8 Å². The van der Waals surface area contributed by atoms with Gasteiger partial charge >= 0.3 is 0 Å². The SMILES string of the molecule is CN(C)c1nc(N2CCOCC2)ncc1NC(=O)C1(c2ccccc2)CCOCC1. The Labute approximate surface area is 177 Å². The van der Waals surface area contributed by atoms with Crippen LogP contribution in [0.15, 0.2) is 36.5 Å². The van der Waals surface area contributed by atoms with E-state index in [2.05, 4.69) is 15.2 Å². The average molecular weight is 412 g/mol. The highest BCUT2D eigenvalue weighted by atomic mass is 16.5. The fraction of sp³-hybridized carbons (Fsp3) is 0.500. The molecule has 2 aliphatic heterocycles. The molecule has 160 valence electrons. The minimum Gasteiger partial charge on any atom is -0.381 e. The minimum atomic E-state index is -0.619. The Kier molecular flexibility index (Phi) is 6.15. The first-order valence-electron chi connectivity index (χ1n) is 10.4. The maximum atomic E-state index is 13.6. The molecule has 30 heavy (non-hydrogen) atoms. The van der Waals surface area contributed by atoms with Crippen molar-refractivity contribution in [1.29, 1.82) is 0 Å². The number of nitrogens with zero attached hydrogens (tertiary/aromatic N) is 4. The number of carbonyl (C=O) groups excluding carboxylic acids is 1. The Morgan fingerprint density at radius 3 is 2.40 bits per heavy atom. The number of hydrogen-bond acceptors (Lipinski definition) is 7. The van der Waals surface area contributed by atoms with E-state index in [0.29, 0.717) is 56.7 Å². The number of ether oxygens (including phenoxy) is 2. The number of amides is 1. The Balaban J connectivity index is 1.62. The molecule has 2 aromatic rings. The summed E-state index contributed by atoms with van der Waals surface area (Å²) in [5, 5.41) is 3.13. The summed E-state index contributed by atoms with van der Waals surface area (Å²) in [5.41, 5.74) is 1.01. The van der Waals surface area contributed by atoms with Crippen LogP contribution in [-0.4, -0.2) is 69.5 Å². The summed E-state index contributed by atoms with van der Waals surface area (Å²) in [6.07, 6.45) is 3.00. The molecule has 2 fully saturated rings. The lowest BCUT2D eigenvalue weighted by molar-refractivity contribution is -0.125. The van der Waals surface area contributed by atoms with Crippen LogP contribution in [0.1, 0.15) is 18.4 Å². The molecule has 1 amide bonds. The van der Waals surface area contributed by atoms with Crippen LogP contribution in [0.5, 0.6) is 0 Å². The summed E-state index contributed by atoms with van der Waals surface area (Å²) in [6.45, 7) is 3.98. The number of carbonyl (C=O) groups is 1. The van der Waals surface area contributed by atoms with Crippen molar-refractivity contribution in [1.82, 2.24) is 9.97 Å². The van der Waals surface area contributed by atoms with Gasteiger partial charge in [-0.2, -0.15) is 4.98 Å². The van der Waals surface area contributed by atoms with Crippen molar-refractivity contribution in [3.8, 4) is 0 Å². The molecule has 0 bridgehead atoms. The molecule has 0 aliphatic carbocycles. The van der Waals surface area contributed by atoms with Gasteiger partial charge < -0.3 is 24.6 Å². The number of morpholine rings is 1. The van der Waals surface area contributed by atoms with Crippen LogP contribution >= 0.6 is 0 Å². The van der Waals surface area contributed by atoms with Gasteiger partial charge in [-0.3, -0.25) is 4.79 Å². The quantitative estimate of drug-likeness (QED) is 0.807. The number of rotatable bonds is 5. The molecule has 2 saturated heterocycles. The molecule has 2 aliphatic rings. The topological polar surface area (TPSA) is 79.8 Å². The maximum Gasteiger partial charge on any atom is 0.235 e. The van der Waals surface area contributed by atoms with E-state index in [4.69, 9.17) is 14.5 Å². The summed E-state index contributed by atoms with van der Waals surface area (Å²) in [4.78, 5) is 26.9. The van der Waals surface area contributed by atoms with E-state index in [0.717, 1.165) is 18.7 Å².